The average Bonchev–Trinajstić information content (AvgIpc) is 3.40. The molecule has 0 spiro atoms. The first-order chi connectivity index (χ1) is 15.5. The van der Waals surface area contributed by atoms with Crippen LogP contribution in [-0.2, 0) is 16.1 Å². The van der Waals surface area contributed by atoms with Crippen molar-refractivity contribution in [3.8, 4) is 11.4 Å². The molecule has 164 valence electrons. The molecule has 32 heavy (non-hydrogen) atoms. The summed E-state index contributed by atoms with van der Waals surface area (Å²) in [6.45, 7) is -0.0392. The van der Waals surface area contributed by atoms with Crippen molar-refractivity contribution in [1.82, 2.24) is 14.8 Å². The summed E-state index contributed by atoms with van der Waals surface area (Å²) in [5.74, 6) is 0.433. The Balaban J connectivity index is 1.46. The van der Waals surface area contributed by atoms with E-state index in [1.54, 1.807) is 34.9 Å². The number of carbonyl (C=O) groups is 2. The summed E-state index contributed by atoms with van der Waals surface area (Å²) in [7, 11) is 0. The third-order valence-corrected chi connectivity index (χ3v) is 5.76. The van der Waals surface area contributed by atoms with E-state index >= 15 is 0 Å². The zero-order chi connectivity index (χ0) is 22.5. The van der Waals surface area contributed by atoms with Crippen LogP contribution in [-0.4, -0.2) is 26.6 Å². The van der Waals surface area contributed by atoms with Crippen molar-refractivity contribution in [2.24, 2.45) is 5.92 Å². The Morgan fingerprint density at radius 1 is 1.09 bits per heavy atom. The molecule has 1 atom stereocenters. The molecule has 1 heterocycles. The number of aromatic nitrogens is 3. The van der Waals surface area contributed by atoms with Crippen LogP contribution in [0.3, 0.4) is 0 Å². The molecule has 0 saturated carbocycles. The number of para-hydroxylation sites is 2. The second kappa shape index (κ2) is 9.93. The minimum Gasteiger partial charge on any atom is -0.324 e. The number of rotatable bonds is 7. The molecule has 2 amide bonds. The lowest BCUT2D eigenvalue weighted by atomic mass is 10.0. The van der Waals surface area contributed by atoms with Crippen molar-refractivity contribution in [3.63, 3.8) is 0 Å². The van der Waals surface area contributed by atoms with Crippen LogP contribution in [0.15, 0.2) is 60.7 Å². The highest BCUT2D eigenvalue weighted by molar-refractivity contribution is 7.71. The topological polar surface area (TPSA) is 91.8 Å². The van der Waals surface area contributed by atoms with Gasteiger partial charge < -0.3 is 10.6 Å². The Bertz CT molecular complexity index is 1220. The van der Waals surface area contributed by atoms with E-state index in [4.69, 9.17) is 23.8 Å². The number of aromatic amines is 1. The standard InChI is InChI=1S/C23H22ClN5O2S/c24-17-11-9-16(10-12-17)22-27-28-23(32)29(22)14-21(31)26-19-8-4-3-7-18(19)25-20(30)13-15-5-1-2-6-15/h1,3-5,7-12,15H,2,6,13-14H2,(H,25,30)(H,26,31)(H,28,32). The van der Waals surface area contributed by atoms with Crippen LogP contribution in [0.5, 0.6) is 0 Å². The second-order valence-corrected chi connectivity index (χ2v) is 8.38. The predicted molar refractivity (Wildman–Crippen MR) is 128 cm³/mol. The molecule has 0 saturated heterocycles. The lowest BCUT2D eigenvalue weighted by Crippen LogP contribution is -2.21. The molecule has 1 unspecified atom stereocenters. The van der Waals surface area contributed by atoms with Gasteiger partial charge in [-0.2, -0.15) is 5.10 Å². The number of amides is 2. The number of anilines is 2. The number of nitrogens with zero attached hydrogens (tertiary/aromatic N) is 2. The Labute approximate surface area is 195 Å². The van der Waals surface area contributed by atoms with Gasteiger partial charge in [0.25, 0.3) is 0 Å². The van der Waals surface area contributed by atoms with Crippen LogP contribution in [0, 0.1) is 10.7 Å². The highest BCUT2D eigenvalue weighted by Gasteiger charge is 2.17. The normalized spacial score (nSPS) is 15.0. The number of hydrogen-bond acceptors (Lipinski definition) is 4. The quantitative estimate of drug-likeness (QED) is 0.329. The number of allylic oxidation sites excluding steroid dienone is 2. The van der Waals surface area contributed by atoms with E-state index in [9.17, 15) is 9.59 Å². The SMILES string of the molecule is O=C(CC1C=CCC1)Nc1ccccc1NC(=O)Cn1c(-c2ccc(Cl)cc2)n[nH]c1=S. The van der Waals surface area contributed by atoms with Crippen LogP contribution < -0.4 is 10.6 Å². The molecule has 1 aromatic heterocycles. The first-order valence-corrected chi connectivity index (χ1v) is 11.0. The van der Waals surface area contributed by atoms with Gasteiger partial charge in [0.05, 0.1) is 11.4 Å². The minimum atomic E-state index is -0.293. The monoisotopic (exact) mass is 467 g/mol. The van der Waals surface area contributed by atoms with Gasteiger partial charge in [0.15, 0.2) is 10.6 Å². The van der Waals surface area contributed by atoms with Crippen molar-refractivity contribution in [2.45, 2.75) is 25.8 Å². The average molecular weight is 468 g/mol. The number of H-pyrrole nitrogens is 1. The Hall–Kier alpha value is -3.23. The van der Waals surface area contributed by atoms with Crippen LogP contribution in [0.4, 0.5) is 11.4 Å². The smallest absolute Gasteiger partial charge is 0.244 e. The maximum Gasteiger partial charge on any atom is 0.244 e. The molecular weight excluding hydrogens is 446 g/mol. The van der Waals surface area contributed by atoms with Gasteiger partial charge in [0.2, 0.25) is 11.8 Å². The van der Waals surface area contributed by atoms with Gasteiger partial charge in [-0.15, -0.1) is 0 Å². The van der Waals surface area contributed by atoms with Crippen LogP contribution in [0.1, 0.15) is 19.3 Å². The number of carbonyl (C=O) groups excluding carboxylic acids is 2. The molecule has 3 N–H and O–H groups in total. The molecule has 2 aromatic carbocycles. The maximum absolute atomic E-state index is 12.8. The van der Waals surface area contributed by atoms with E-state index in [1.165, 1.54) is 0 Å². The summed E-state index contributed by atoms with van der Waals surface area (Å²) in [5, 5.41) is 13.4. The summed E-state index contributed by atoms with van der Waals surface area (Å²) < 4.78 is 1.94. The molecule has 3 aromatic rings. The highest BCUT2D eigenvalue weighted by atomic mass is 35.5. The van der Waals surface area contributed by atoms with Gasteiger partial charge >= 0.3 is 0 Å². The number of halogens is 1. The summed E-state index contributed by atoms with van der Waals surface area (Å²) in [4.78, 5) is 25.3. The first-order valence-electron chi connectivity index (χ1n) is 10.3. The van der Waals surface area contributed by atoms with Gasteiger partial charge in [-0.1, -0.05) is 35.9 Å². The minimum absolute atomic E-state index is 0.0392. The van der Waals surface area contributed by atoms with Crippen molar-refractivity contribution < 1.29 is 9.59 Å². The summed E-state index contributed by atoms with van der Waals surface area (Å²) in [6.07, 6.45) is 6.62. The van der Waals surface area contributed by atoms with E-state index in [2.05, 4.69) is 33.0 Å². The van der Waals surface area contributed by atoms with E-state index in [0.717, 1.165) is 18.4 Å². The van der Waals surface area contributed by atoms with Gasteiger partial charge in [-0.25, -0.2) is 0 Å². The zero-order valence-electron chi connectivity index (χ0n) is 17.2. The first kappa shape index (κ1) is 22.0. The maximum atomic E-state index is 12.8. The van der Waals surface area contributed by atoms with E-state index in [0.29, 0.717) is 33.4 Å². The zero-order valence-corrected chi connectivity index (χ0v) is 18.7. The van der Waals surface area contributed by atoms with Crippen LogP contribution in [0.25, 0.3) is 11.4 Å². The van der Waals surface area contributed by atoms with E-state index in [1.807, 2.05) is 18.2 Å². The van der Waals surface area contributed by atoms with Gasteiger partial charge in [-0.05, 0) is 67.4 Å². The molecule has 0 aliphatic heterocycles. The number of hydrogen-bond donors (Lipinski definition) is 3. The fourth-order valence-corrected chi connectivity index (χ4v) is 3.95. The fourth-order valence-electron chi connectivity index (χ4n) is 3.62. The van der Waals surface area contributed by atoms with E-state index < -0.39 is 0 Å². The van der Waals surface area contributed by atoms with Crippen molar-refractivity contribution in [2.75, 3.05) is 10.6 Å². The lowest BCUT2D eigenvalue weighted by molar-refractivity contribution is -0.117. The second-order valence-electron chi connectivity index (χ2n) is 7.56. The molecule has 0 fully saturated rings. The molecule has 0 radical (unpaired) electrons. The predicted octanol–water partition coefficient (Wildman–Crippen LogP) is 5.19. The fraction of sp³-hybridized carbons (Fsp3) is 0.217. The van der Waals surface area contributed by atoms with E-state index in [-0.39, 0.29) is 24.3 Å². The third kappa shape index (κ3) is 5.33. The summed E-state index contributed by atoms with van der Waals surface area (Å²) in [6, 6.07) is 14.2. The van der Waals surface area contributed by atoms with Gasteiger partial charge in [0, 0.05) is 17.0 Å². The Morgan fingerprint density at radius 3 is 2.44 bits per heavy atom. The third-order valence-electron chi connectivity index (χ3n) is 5.20. The Kier molecular flexibility index (Phi) is 6.82. The molecule has 0 bridgehead atoms. The lowest BCUT2D eigenvalue weighted by Gasteiger charge is -2.14. The Morgan fingerprint density at radius 2 is 1.78 bits per heavy atom. The van der Waals surface area contributed by atoms with Crippen molar-refractivity contribution >= 4 is 47.0 Å². The number of nitrogens with one attached hydrogen (secondary N) is 3. The number of benzene rings is 2. The highest BCUT2D eigenvalue weighted by Crippen LogP contribution is 2.25. The molecule has 1 aliphatic rings. The van der Waals surface area contributed by atoms with Gasteiger partial charge in [0.1, 0.15) is 6.54 Å². The molecule has 7 nitrogen and oxygen atoms in total. The summed E-state index contributed by atoms with van der Waals surface area (Å²) >= 11 is 11.3. The van der Waals surface area contributed by atoms with Crippen LogP contribution in [0.2, 0.25) is 5.02 Å². The van der Waals surface area contributed by atoms with Crippen LogP contribution >= 0.6 is 23.8 Å². The molecular formula is C23H22ClN5O2S. The molecule has 9 heteroatoms. The molecule has 4 rings (SSSR count). The van der Waals surface area contributed by atoms with Crippen molar-refractivity contribution in [1.29, 1.82) is 0 Å². The van der Waals surface area contributed by atoms with Crippen molar-refractivity contribution in [3.05, 3.63) is 70.5 Å². The van der Waals surface area contributed by atoms with Gasteiger partial charge in [-0.3, -0.25) is 19.3 Å². The molecule has 1 aliphatic carbocycles. The summed E-state index contributed by atoms with van der Waals surface area (Å²) in [5.41, 5.74) is 1.86. The largest absolute Gasteiger partial charge is 0.324 e.